The normalized spacial score (nSPS) is 11.4. The summed E-state index contributed by atoms with van der Waals surface area (Å²) in [4.78, 5) is 12.7. The molecule has 0 spiro atoms. The van der Waals surface area contributed by atoms with E-state index in [9.17, 15) is 9.90 Å². The van der Waals surface area contributed by atoms with Gasteiger partial charge in [0, 0.05) is 22.6 Å². The van der Waals surface area contributed by atoms with Gasteiger partial charge in [-0.25, -0.2) is 5.43 Å². The number of ether oxygens (including phenoxy) is 1. The first-order chi connectivity index (χ1) is 13.4. The summed E-state index contributed by atoms with van der Waals surface area (Å²) in [6, 6.07) is 16.6. The van der Waals surface area contributed by atoms with E-state index in [-0.39, 0.29) is 11.7 Å². The minimum absolute atomic E-state index is 0.0681. The molecule has 6 nitrogen and oxygen atoms in total. The summed E-state index contributed by atoms with van der Waals surface area (Å²) in [7, 11) is 1.55. The summed E-state index contributed by atoms with van der Waals surface area (Å²) in [6.45, 7) is 5.57. The highest BCUT2D eigenvalue weighted by atomic mass is 16.5. The van der Waals surface area contributed by atoms with Gasteiger partial charge < -0.3 is 14.4 Å². The zero-order valence-corrected chi connectivity index (χ0v) is 16.4. The quantitative estimate of drug-likeness (QED) is 0.522. The fourth-order valence-electron chi connectivity index (χ4n) is 3.15. The standard InChI is InChI=1S/C22H23N3O3/c1-14-12-20(16(3)25(14)17-8-6-5-7-9-17)22(27)24-23-15(2)19-13-18(28-4)10-11-21(19)26/h5-13,26H,1-4H3,(H,24,27)/b23-15+. The number of rotatable bonds is 5. The van der Waals surface area contributed by atoms with Crippen LogP contribution in [0.5, 0.6) is 11.5 Å². The number of carbonyl (C=O) groups excluding carboxylic acids is 1. The Labute approximate surface area is 164 Å². The van der Waals surface area contributed by atoms with Gasteiger partial charge in [-0.05, 0) is 57.2 Å². The molecule has 1 aromatic heterocycles. The van der Waals surface area contributed by atoms with Crippen molar-refractivity contribution in [3.63, 3.8) is 0 Å². The molecule has 0 saturated heterocycles. The summed E-state index contributed by atoms with van der Waals surface area (Å²) in [5.41, 5.74) is 6.88. The zero-order valence-electron chi connectivity index (χ0n) is 16.4. The number of phenolic OH excluding ortho intramolecular Hbond substituents is 1. The third kappa shape index (κ3) is 3.76. The molecule has 0 unspecified atom stereocenters. The van der Waals surface area contributed by atoms with Gasteiger partial charge in [0.2, 0.25) is 0 Å². The predicted octanol–water partition coefficient (Wildman–Crippen LogP) is 3.96. The molecule has 1 amide bonds. The summed E-state index contributed by atoms with van der Waals surface area (Å²) in [6.07, 6.45) is 0. The second-order valence-electron chi connectivity index (χ2n) is 6.48. The number of amides is 1. The Balaban J connectivity index is 1.85. The van der Waals surface area contributed by atoms with Crippen LogP contribution in [0.25, 0.3) is 5.69 Å². The van der Waals surface area contributed by atoms with Crippen LogP contribution in [0.3, 0.4) is 0 Å². The van der Waals surface area contributed by atoms with E-state index in [1.807, 2.05) is 54.8 Å². The number of aromatic hydroxyl groups is 1. The number of aryl methyl sites for hydroxylation is 1. The van der Waals surface area contributed by atoms with Gasteiger partial charge in [0.1, 0.15) is 11.5 Å². The van der Waals surface area contributed by atoms with Crippen molar-refractivity contribution >= 4 is 11.6 Å². The monoisotopic (exact) mass is 377 g/mol. The number of nitrogens with zero attached hydrogens (tertiary/aromatic N) is 2. The molecule has 1 heterocycles. The van der Waals surface area contributed by atoms with Crippen LogP contribution in [-0.4, -0.2) is 28.4 Å². The number of carbonyl (C=O) groups is 1. The maximum atomic E-state index is 12.7. The van der Waals surface area contributed by atoms with Gasteiger partial charge in [0.25, 0.3) is 5.91 Å². The summed E-state index contributed by atoms with van der Waals surface area (Å²) >= 11 is 0. The van der Waals surface area contributed by atoms with E-state index in [1.54, 1.807) is 26.2 Å². The maximum absolute atomic E-state index is 12.7. The minimum Gasteiger partial charge on any atom is -0.507 e. The van der Waals surface area contributed by atoms with Gasteiger partial charge in [-0.3, -0.25) is 4.79 Å². The molecule has 0 bridgehead atoms. The molecule has 0 aliphatic carbocycles. The minimum atomic E-state index is -0.308. The van der Waals surface area contributed by atoms with Crippen LogP contribution in [0.2, 0.25) is 0 Å². The molecule has 3 rings (SSSR count). The van der Waals surface area contributed by atoms with Gasteiger partial charge in [-0.2, -0.15) is 5.10 Å². The number of aromatic nitrogens is 1. The van der Waals surface area contributed by atoms with Gasteiger partial charge in [0.05, 0.1) is 18.4 Å². The first-order valence-electron chi connectivity index (χ1n) is 8.88. The van der Waals surface area contributed by atoms with Crippen LogP contribution in [0.4, 0.5) is 0 Å². The lowest BCUT2D eigenvalue weighted by molar-refractivity contribution is 0.0954. The van der Waals surface area contributed by atoms with Crippen molar-refractivity contribution in [3.8, 4) is 17.2 Å². The van der Waals surface area contributed by atoms with E-state index in [0.717, 1.165) is 17.1 Å². The first-order valence-corrected chi connectivity index (χ1v) is 8.88. The lowest BCUT2D eigenvalue weighted by Gasteiger charge is -2.10. The number of hydrazone groups is 1. The Bertz CT molecular complexity index is 1040. The van der Waals surface area contributed by atoms with Crippen LogP contribution in [-0.2, 0) is 0 Å². The van der Waals surface area contributed by atoms with Crippen molar-refractivity contribution in [2.24, 2.45) is 5.10 Å². The second-order valence-corrected chi connectivity index (χ2v) is 6.48. The van der Waals surface area contributed by atoms with Crippen molar-refractivity contribution in [2.75, 3.05) is 7.11 Å². The smallest absolute Gasteiger partial charge is 0.273 e. The summed E-state index contributed by atoms with van der Waals surface area (Å²) in [5.74, 6) is 0.357. The second kappa shape index (κ2) is 8.00. The molecule has 6 heteroatoms. The third-order valence-corrected chi connectivity index (χ3v) is 4.61. The largest absolute Gasteiger partial charge is 0.507 e. The molecular formula is C22H23N3O3. The van der Waals surface area contributed by atoms with E-state index in [0.29, 0.717) is 22.6 Å². The number of phenols is 1. The van der Waals surface area contributed by atoms with Gasteiger partial charge >= 0.3 is 0 Å². The molecule has 2 aromatic carbocycles. The molecule has 0 radical (unpaired) electrons. The molecule has 0 atom stereocenters. The highest BCUT2D eigenvalue weighted by Crippen LogP contribution is 2.24. The first kappa shape index (κ1) is 19.2. The van der Waals surface area contributed by atoms with Crippen LogP contribution in [0.15, 0.2) is 59.7 Å². The van der Waals surface area contributed by atoms with E-state index in [2.05, 4.69) is 10.5 Å². The molecule has 0 saturated carbocycles. The van der Waals surface area contributed by atoms with E-state index < -0.39 is 0 Å². The Morgan fingerprint density at radius 1 is 1.07 bits per heavy atom. The fraction of sp³-hybridized carbons (Fsp3) is 0.182. The highest BCUT2D eigenvalue weighted by molar-refractivity contribution is 6.03. The van der Waals surface area contributed by atoms with Crippen molar-refractivity contribution in [1.29, 1.82) is 0 Å². The van der Waals surface area contributed by atoms with Crippen molar-refractivity contribution in [1.82, 2.24) is 9.99 Å². The van der Waals surface area contributed by atoms with Gasteiger partial charge in [-0.15, -0.1) is 0 Å². The van der Waals surface area contributed by atoms with Gasteiger partial charge in [-0.1, -0.05) is 18.2 Å². The lowest BCUT2D eigenvalue weighted by atomic mass is 10.1. The number of hydrogen-bond donors (Lipinski definition) is 2. The molecule has 2 N–H and O–H groups in total. The molecule has 0 aliphatic rings. The third-order valence-electron chi connectivity index (χ3n) is 4.61. The number of para-hydroxylation sites is 1. The van der Waals surface area contributed by atoms with Crippen LogP contribution < -0.4 is 10.2 Å². The van der Waals surface area contributed by atoms with Crippen molar-refractivity contribution in [2.45, 2.75) is 20.8 Å². The maximum Gasteiger partial charge on any atom is 0.273 e. The molecular weight excluding hydrogens is 354 g/mol. The molecule has 144 valence electrons. The van der Waals surface area contributed by atoms with Crippen LogP contribution in [0.1, 0.15) is 34.2 Å². The zero-order chi connectivity index (χ0) is 20.3. The van der Waals surface area contributed by atoms with E-state index >= 15 is 0 Å². The predicted molar refractivity (Wildman–Crippen MR) is 110 cm³/mol. The molecule has 0 aliphatic heterocycles. The van der Waals surface area contributed by atoms with Crippen LogP contribution in [0, 0.1) is 13.8 Å². The average molecular weight is 377 g/mol. The van der Waals surface area contributed by atoms with E-state index in [4.69, 9.17) is 4.74 Å². The molecule has 0 fully saturated rings. The van der Waals surface area contributed by atoms with Gasteiger partial charge in [0.15, 0.2) is 0 Å². The topological polar surface area (TPSA) is 75.8 Å². The SMILES string of the molecule is COc1ccc(O)c(/C(C)=N/NC(=O)c2cc(C)n(-c3ccccc3)c2C)c1. The van der Waals surface area contributed by atoms with Crippen molar-refractivity contribution < 1.29 is 14.6 Å². The Kier molecular flexibility index (Phi) is 5.49. The Hall–Kier alpha value is -3.54. The number of methoxy groups -OCH3 is 1. The fourth-order valence-corrected chi connectivity index (χ4v) is 3.15. The van der Waals surface area contributed by atoms with Crippen molar-refractivity contribution in [3.05, 3.63) is 77.1 Å². The molecule has 3 aromatic rings. The van der Waals surface area contributed by atoms with E-state index in [1.165, 1.54) is 6.07 Å². The molecule has 28 heavy (non-hydrogen) atoms. The lowest BCUT2D eigenvalue weighted by Crippen LogP contribution is -2.20. The number of hydrogen-bond acceptors (Lipinski definition) is 4. The van der Waals surface area contributed by atoms with Crippen LogP contribution >= 0.6 is 0 Å². The Morgan fingerprint density at radius 3 is 2.46 bits per heavy atom. The average Bonchev–Trinajstić information content (AvgIpc) is 3.01. The highest BCUT2D eigenvalue weighted by Gasteiger charge is 2.16. The number of nitrogens with one attached hydrogen (secondary N) is 1. The summed E-state index contributed by atoms with van der Waals surface area (Å²) in [5, 5.41) is 14.2. The summed E-state index contributed by atoms with van der Waals surface area (Å²) < 4.78 is 7.20. The number of benzene rings is 2. The Morgan fingerprint density at radius 2 is 1.79 bits per heavy atom.